The molecular formula is C15H25N3O3. The van der Waals surface area contributed by atoms with Gasteiger partial charge >= 0.3 is 5.69 Å². The van der Waals surface area contributed by atoms with Gasteiger partial charge in [-0.1, -0.05) is 39.5 Å². The molecule has 0 radical (unpaired) electrons. The van der Waals surface area contributed by atoms with Crippen molar-refractivity contribution in [2.45, 2.75) is 71.4 Å². The van der Waals surface area contributed by atoms with Crippen molar-refractivity contribution in [3.8, 4) is 0 Å². The summed E-state index contributed by atoms with van der Waals surface area (Å²) in [6, 6.07) is 0. The third-order valence-electron chi connectivity index (χ3n) is 4.42. The highest BCUT2D eigenvalue weighted by Crippen LogP contribution is 2.30. The molecule has 1 aliphatic rings. The topological polar surface area (TPSA) is 81.2 Å². The lowest BCUT2D eigenvalue weighted by atomic mass is 10.00. The summed E-state index contributed by atoms with van der Waals surface area (Å²) in [6.07, 6.45) is 6.29. The molecule has 1 unspecified atom stereocenters. The molecule has 0 aliphatic heterocycles. The van der Waals surface area contributed by atoms with Gasteiger partial charge in [0.25, 0.3) is 0 Å². The van der Waals surface area contributed by atoms with Crippen LogP contribution in [0.1, 0.15) is 57.3 Å². The van der Waals surface area contributed by atoms with Crippen LogP contribution in [0.2, 0.25) is 0 Å². The van der Waals surface area contributed by atoms with E-state index < -0.39 is 6.10 Å². The van der Waals surface area contributed by atoms with Gasteiger partial charge in [-0.2, -0.15) is 5.10 Å². The number of aromatic nitrogens is 2. The van der Waals surface area contributed by atoms with Gasteiger partial charge in [0, 0.05) is 0 Å². The molecule has 0 amide bonds. The van der Waals surface area contributed by atoms with Crippen LogP contribution in [0, 0.1) is 16.0 Å². The molecule has 6 heteroatoms. The number of aliphatic hydroxyl groups excluding tert-OH is 1. The molecule has 1 aromatic rings. The lowest BCUT2D eigenvalue weighted by molar-refractivity contribution is -0.386. The van der Waals surface area contributed by atoms with E-state index >= 15 is 0 Å². The van der Waals surface area contributed by atoms with Crippen LogP contribution in [0.4, 0.5) is 5.69 Å². The highest BCUT2D eigenvalue weighted by Gasteiger charge is 2.27. The normalized spacial score (nSPS) is 17.3. The number of aryl methyl sites for hydroxylation is 1. The fourth-order valence-electron chi connectivity index (χ4n) is 3.40. The number of aliphatic hydroxyl groups is 1. The molecule has 1 N–H and O–H groups in total. The average Bonchev–Trinajstić information content (AvgIpc) is 3.05. The second-order valence-electron chi connectivity index (χ2n) is 5.93. The van der Waals surface area contributed by atoms with Crippen molar-refractivity contribution in [2.24, 2.45) is 5.92 Å². The molecular weight excluding hydrogens is 270 g/mol. The van der Waals surface area contributed by atoms with Gasteiger partial charge in [0.2, 0.25) is 0 Å². The molecule has 1 heterocycles. The van der Waals surface area contributed by atoms with E-state index in [-0.39, 0.29) is 10.6 Å². The summed E-state index contributed by atoms with van der Waals surface area (Å²) < 4.78 is 1.65. The molecule has 1 saturated carbocycles. The van der Waals surface area contributed by atoms with Crippen LogP contribution in [0.25, 0.3) is 0 Å². The summed E-state index contributed by atoms with van der Waals surface area (Å²) in [5.74, 6) is 0.598. The zero-order chi connectivity index (χ0) is 15.4. The summed E-state index contributed by atoms with van der Waals surface area (Å²) in [5, 5.41) is 25.8. The van der Waals surface area contributed by atoms with Crippen molar-refractivity contribution >= 4 is 5.69 Å². The van der Waals surface area contributed by atoms with E-state index in [1.165, 1.54) is 25.7 Å². The van der Waals surface area contributed by atoms with Gasteiger partial charge in [0.05, 0.1) is 17.6 Å². The lowest BCUT2D eigenvalue weighted by Gasteiger charge is -2.16. The van der Waals surface area contributed by atoms with Gasteiger partial charge in [-0.05, 0) is 25.2 Å². The maximum Gasteiger partial charge on any atom is 0.313 e. The zero-order valence-corrected chi connectivity index (χ0v) is 12.9. The summed E-state index contributed by atoms with van der Waals surface area (Å²) in [6.45, 7) is 4.12. The molecule has 118 valence electrons. The Morgan fingerprint density at radius 3 is 2.57 bits per heavy atom. The second-order valence-corrected chi connectivity index (χ2v) is 5.93. The van der Waals surface area contributed by atoms with Gasteiger partial charge in [-0.15, -0.1) is 0 Å². The van der Waals surface area contributed by atoms with Crippen molar-refractivity contribution in [1.82, 2.24) is 9.78 Å². The molecule has 0 spiro atoms. The van der Waals surface area contributed by atoms with E-state index in [1.54, 1.807) is 4.68 Å². The monoisotopic (exact) mass is 295 g/mol. The SMILES string of the molecule is CCc1nn(CC(O)CC2CCCC2)c(CC)c1[N+](=O)[O-]. The van der Waals surface area contributed by atoms with Crippen molar-refractivity contribution in [2.75, 3.05) is 0 Å². The third kappa shape index (κ3) is 3.61. The minimum atomic E-state index is -0.470. The smallest absolute Gasteiger partial charge is 0.313 e. The van der Waals surface area contributed by atoms with Crippen LogP contribution in [-0.2, 0) is 19.4 Å². The molecule has 1 atom stereocenters. The number of hydrogen-bond acceptors (Lipinski definition) is 4. The predicted molar refractivity (Wildman–Crippen MR) is 80.2 cm³/mol. The number of hydrogen-bond donors (Lipinski definition) is 1. The Morgan fingerprint density at radius 2 is 2.05 bits per heavy atom. The predicted octanol–water partition coefficient (Wildman–Crippen LogP) is 2.86. The van der Waals surface area contributed by atoms with Crippen LogP contribution in [0.15, 0.2) is 0 Å². The first-order valence-electron chi connectivity index (χ1n) is 7.97. The molecule has 6 nitrogen and oxygen atoms in total. The van der Waals surface area contributed by atoms with Gasteiger partial charge < -0.3 is 5.11 Å². The highest BCUT2D eigenvalue weighted by molar-refractivity contribution is 5.41. The van der Waals surface area contributed by atoms with Gasteiger partial charge in [-0.25, -0.2) is 0 Å². The van der Waals surface area contributed by atoms with Crippen molar-refractivity contribution < 1.29 is 10.0 Å². The zero-order valence-electron chi connectivity index (χ0n) is 12.9. The number of nitro groups is 1. The van der Waals surface area contributed by atoms with E-state index in [4.69, 9.17) is 0 Å². The standard InChI is InChI=1S/C15H25N3O3/c1-3-13-15(18(20)21)14(4-2)17(16-13)10-12(19)9-11-7-5-6-8-11/h11-12,19H,3-10H2,1-2H3. The quantitative estimate of drug-likeness (QED) is 0.619. The molecule has 0 bridgehead atoms. The molecule has 0 saturated heterocycles. The Labute approximate surface area is 125 Å². The summed E-state index contributed by atoms with van der Waals surface area (Å²) in [7, 11) is 0. The van der Waals surface area contributed by atoms with Crippen molar-refractivity contribution in [3.05, 3.63) is 21.5 Å². The summed E-state index contributed by atoms with van der Waals surface area (Å²) >= 11 is 0. The second kappa shape index (κ2) is 7.02. The Kier molecular flexibility index (Phi) is 5.33. The maximum atomic E-state index is 11.2. The fourth-order valence-corrected chi connectivity index (χ4v) is 3.40. The van der Waals surface area contributed by atoms with Crippen LogP contribution in [-0.4, -0.2) is 25.9 Å². The van der Waals surface area contributed by atoms with E-state index in [0.29, 0.717) is 36.7 Å². The summed E-state index contributed by atoms with van der Waals surface area (Å²) in [5.41, 5.74) is 1.28. The molecule has 1 aliphatic carbocycles. The minimum Gasteiger partial charge on any atom is -0.391 e. The van der Waals surface area contributed by atoms with E-state index in [1.807, 2.05) is 13.8 Å². The first-order valence-corrected chi connectivity index (χ1v) is 7.97. The molecule has 1 aromatic heterocycles. The Hall–Kier alpha value is -1.43. The third-order valence-corrected chi connectivity index (χ3v) is 4.42. The van der Waals surface area contributed by atoms with Crippen LogP contribution < -0.4 is 0 Å². The minimum absolute atomic E-state index is 0.132. The fraction of sp³-hybridized carbons (Fsp3) is 0.800. The Bertz CT molecular complexity index is 493. The van der Waals surface area contributed by atoms with Gasteiger partial charge in [0.1, 0.15) is 11.4 Å². The molecule has 21 heavy (non-hydrogen) atoms. The van der Waals surface area contributed by atoms with Crippen molar-refractivity contribution in [1.29, 1.82) is 0 Å². The maximum absolute atomic E-state index is 11.2. The first-order chi connectivity index (χ1) is 10.1. The van der Waals surface area contributed by atoms with Crippen LogP contribution >= 0.6 is 0 Å². The highest BCUT2D eigenvalue weighted by atomic mass is 16.6. The van der Waals surface area contributed by atoms with Crippen LogP contribution in [0.5, 0.6) is 0 Å². The number of rotatable bonds is 7. The van der Waals surface area contributed by atoms with Gasteiger partial charge in [0.15, 0.2) is 0 Å². The van der Waals surface area contributed by atoms with E-state index in [0.717, 1.165) is 6.42 Å². The Balaban J connectivity index is 2.12. The molecule has 0 aromatic carbocycles. The summed E-state index contributed by atoms with van der Waals surface area (Å²) in [4.78, 5) is 10.9. The van der Waals surface area contributed by atoms with Crippen molar-refractivity contribution in [3.63, 3.8) is 0 Å². The number of nitrogens with zero attached hydrogens (tertiary/aromatic N) is 3. The van der Waals surface area contributed by atoms with E-state index in [9.17, 15) is 15.2 Å². The first kappa shape index (κ1) is 15.9. The lowest BCUT2D eigenvalue weighted by Crippen LogP contribution is -2.21. The van der Waals surface area contributed by atoms with E-state index in [2.05, 4.69) is 5.10 Å². The molecule has 1 fully saturated rings. The molecule has 2 rings (SSSR count). The van der Waals surface area contributed by atoms with Crippen LogP contribution in [0.3, 0.4) is 0 Å². The Morgan fingerprint density at radius 1 is 1.38 bits per heavy atom. The largest absolute Gasteiger partial charge is 0.391 e. The average molecular weight is 295 g/mol. The van der Waals surface area contributed by atoms with Gasteiger partial charge in [-0.3, -0.25) is 14.8 Å².